The average molecular weight is 188 g/mol. The van der Waals surface area contributed by atoms with E-state index in [2.05, 4.69) is 39.2 Å². The molecule has 0 aromatic heterocycles. The second-order valence-corrected chi connectivity index (χ2v) is 4.09. The molecule has 0 heteroatoms. The van der Waals surface area contributed by atoms with Gasteiger partial charge in [-0.05, 0) is 35.8 Å². The van der Waals surface area contributed by atoms with E-state index in [4.69, 9.17) is 0 Å². The van der Waals surface area contributed by atoms with Crippen LogP contribution in [0.3, 0.4) is 0 Å². The maximum Gasteiger partial charge on any atom is -0.0162 e. The molecule has 0 aromatic rings. The van der Waals surface area contributed by atoms with Crippen molar-refractivity contribution in [1.82, 2.24) is 0 Å². The SMILES string of the molecule is C=C/C=C1/CCC(C)C(C)/C1=C/C=C. The molecule has 0 radical (unpaired) electrons. The lowest BCUT2D eigenvalue weighted by molar-refractivity contribution is 0.385. The third-order valence-corrected chi connectivity index (χ3v) is 3.20. The first-order chi connectivity index (χ1) is 6.70. The number of rotatable bonds is 2. The monoisotopic (exact) mass is 188 g/mol. The van der Waals surface area contributed by atoms with Crippen molar-refractivity contribution in [2.75, 3.05) is 0 Å². The first kappa shape index (κ1) is 11.0. The van der Waals surface area contributed by atoms with E-state index in [1.807, 2.05) is 12.2 Å². The molecule has 0 heterocycles. The summed E-state index contributed by atoms with van der Waals surface area (Å²) in [6, 6.07) is 0. The molecular weight excluding hydrogens is 168 g/mol. The molecule has 0 nitrogen and oxygen atoms in total. The van der Waals surface area contributed by atoms with Gasteiger partial charge in [-0.1, -0.05) is 51.3 Å². The quantitative estimate of drug-likeness (QED) is 0.607. The highest BCUT2D eigenvalue weighted by Crippen LogP contribution is 2.37. The Morgan fingerprint density at radius 3 is 2.36 bits per heavy atom. The van der Waals surface area contributed by atoms with E-state index in [1.165, 1.54) is 24.0 Å². The van der Waals surface area contributed by atoms with E-state index in [0.717, 1.165) is 5.92 Å². The van der Waals surface area contributed by atoms with Gasteiger partial charge < -0.3 is 0 Å². The zero-order chi connectivity index (χ0) is 10.6. The maximum absolute atomic E-state index is 3.78. The minimum absolute atomic E-state index is 0.646. The Morgan fingerprint density at radius 1 is 1.14 bits per heavy atom. The first-order valence-corrected chi connectivity index (χ1v) is 5.35. The highest BCUT2D eigenvalue weighted by molar-refractivity contribution is 5.39. The van der Waals surface area contributed by atoms with Crippen LogP contribution in [0, 0.1) is 11.8 Å². The fourth-order valence-corrected chi connectivity index (χ4v) is 2.08. The summed E-state index contributed by atoms with van der Waals surface area (Å²) < 4.78 is 0. The second kappa shape index (κ2) is 4.99. The highest BCUT2D eigenvalue weighted by Gasteiger charge is 2.24. The lowest BCUT2D eigenvalue weighted by Crippen LogP contribution is -2.18. The van der Waals surface area contributed by atoms with Crippen LogP contribution in [-0.4, -0.2) is 0 Å². The van der Waals surface area contributed by atoms with Crippen molar-refractivity contribution in [3.63, 3.8) is 0 Å². The maximum atomic E-state index is 3.78. The summed E-state index contributed by atoms with van der Waals surface area (Å²) in [6.07, 6.45) is 10.5. The molecule has 0 bridgehead atoms. The molecule has 1 aliphatic rings. The fraction of sp³-hybridized carbons (Fsp3) is 0.429. The third-order valence-electron chi connectivity index (χ3n) is 3.20. The van der Waals surface area contributed by atoms with Gasteiger partial charge in [-0.25, -0.2) is 0 Å². The Balaban J connectivity index is 2.99. The van der Waals surface area contributed by atoms with Crippen molar-refractivity contribution in [3.8, 4) is 0 Å². The highest BCUT2D eigenvalue weighted by atomic mass is 14.3. The summed E-state index contributed by atoms with van der Waals surface area (Å²) in [4.78, 5) is 0. The Morgan fingerprint density at radius 2 is 1.79 bits per heavy atom. The molecule has 0 spiro atoms. The van der Waals surface area contributed by atoms with Crippen LogP contribution in [0.5, 0.6) is 0 Å². The summed E-state index contributed by atoms with van der Waals surface area (Å²) in [5.41, 5.74) is 2.88. The van der Waals surface area contributed by atoms with Gasteiger partial charge in [0.15, 0.2) is 0 Å². The molecule has 1 aliphatic carbocycles. The van der Waals surface area contributed by atoms with Crippen molar-refractivity contribution in [1.29, 1.82) is 0 Å². The minimum atomic E-state index is 0.646. The number of allylic oxidation sites excluding steroid dienone is 6. The zero-order valence-corrected chi connectivity index (χ0v) is 9.29. The first-order valence-electron chi connectivity index (χ1n) is 5.35. The van der Waals surface area contributed by atoms with Crippen LogP contribution < -0.4 is 0 Å². The predicted octanol–water partition coefficient (Wildman–Crippen LogP) is 4.28. The molecule has 0 amide bonds. The second-order valence-electron chi connectivity index (χ2n) is 4.09. The summed E-state index contributed by atoms with van der Waals surface area (Å²) in [5, 5.41) is 0. The van der Waals surface area contributed by atoms with E-state index in [9.17, 15) is 0 Å². The molecule has 0 aromatic carbocycles. The Kier molecular flexibility index (Phi) is 3.94. The van der Waals surface area contributed by atoms with Crippen LogP contribution in [0.2, 0.25) is 0 Å². The van der Waals surface area contributed by atoms with E-state index in [0.29, 0.717) is 5.92 Å². The molecule has 0 aliphatic heterocycles. The van der Waals surface area contributed by atoms with Crippen LogP contribution in [0.15, 0.2) is 48.6 Å². The molecular formula is C14H20. The van der Waals surface area contributed by atoms with E-state index >= 15 is 0 Å². The third kappa shape index (κ3) is 2.25. The van der Waals surface area contributed by atoms with Gasteiger partial charge in [-0.2, -0.15) is 0 Å². The predicted molar refractivity (Wildman–Crippen MR) is 64.1 cm³/mol. The number of hydrogen-bond acceptors (Lipinski definition) is 0. The molecule has 1 fully saturated rings. The summed E-state index contributed by atoms with van der Waals surface area (Å²) in [5.74, 6) is 1.43. The molecule has 14 heavy (non-hydrogen) atoms. The van der Waals surface area contributed by atoms with Gasteiger partial charge in [-0.15, -0.1) is 0 Å². The van der Waals surface area contributed by atoms with Crippen LogP contribution in [-0.2, 0) is 0 Å². The van der Waals surface area contributed by atoms with Gasteiger partial charge in [0.05, 0.1) is 0 Å². The summed E-state index contributed by atoms with van der Waals surface area (Å²) in [7, 11) is 0. The van der Waals surface area contributed by atoms with Gasteiger partial charge in [0, 0.05) is 0 Å². The van der Waals surface area contributed by atoms with Crippen molar-refractivity contribution >= 4 is 0 Å². The lowest BCUT2D eigenvalue weighted by Gasteiger charge is -2.30. The minimum Gasteiger partial charge on any atom is -0.0991 e. The average Bonchev–Trinajstić information content (AvgIpc) is 2.18. The molecule has 2 atom stereocenters. The summed E-state index contributed by atoms with van der Waals surface area (Å²) in [6.45, 7) is 12.2. The molecule has 76 valence electrons. The molecule has 1 rings (SSSR count). The van der Waals surface area contributed by atoms with Crippen LogP contribution >= 0.6 is 0 Å². The Bertz CT molecular complexity index is 278. The zero-order valence-electron chi connectivity index (χ0n) is 9.29. The van der Waals surface area contributed by atoms with Gasteiger partial charge in [0.1, 0.15) is 0 Å². The Labute approximate surface area is 87.7 Å². The van der Waals surface area contributed by atoms with Crippen LogP contribution in [0.25, 0.3) is 0 Å². The normalized spacial score (nSPS) is 33.3. The van der Waals surface area contributed by atoms with Gasteiger partial charge in [-0.3, -0.25) is 0 Å². The van der Waals surface area contributed by atoms with Gasteiger partial charge in [0.25, 0.3) is 0 Å². The van der Waals surface area contributed by atoms with Crippen molar-refractivity contribution in [2.45, 2.75) is 26.7 Å². The van der Waals surface area contributed by atoms with Crippen LogP contribution in [0.4, 0.5) is 0 Å². The largest absolute Gasteiger partial charge is 0.0991 e. The molecule has 1 saturated carbocycles. The smallest absolute Gasteiger partial charge is 0.0162 e. The van der Waals surface area contributed by atoms with Crippen molar-refractivity contribution in [3.05, 3.63) is 48.6 Å². The topological polar surface area (TPSA) is 0 Å². The van der Waals surface area contributed by atoms with E-state index < -0.39 is 0 Å². The number of hydrogen-bond donors (Lipinski definition) is 0. The van der Waals surface area contributed by atoms with Crippen molar-refractivity contribution in [2.24, 2.45) is 11.8 Å². The molecule has 0 N–H and O–H groups in total. The lowest BCUT2D eigenvalue weighted by atomic mass is 9.75. The van der Waals surface area contributed by atoms with Crippen LogP contribution in [0.1, 0.15) is 26.7 Å². The van der Waals surface area contributed by atoms with Gasteiger partial charge in [0.2, 0.25) is 0 Å². The fourth-order valence-electron chi connectivity index (χ4n) is 2.08. The van der Waals surface area contributed by atoms with E-state index in [-0.39, 0.29) is 0 Å². The summed E-state index contributed by atoms with van der Waals surface area (Å²) >= 11 is 0. The molecule has 2 unspecified atom stereocenters. The molecule has 0 saturated heterocycles. The Hall–Kier alpha value is -1.04. The standard InChI is InChI=1S/C14H20/c1-5-7-13-10-9-11(3)12(4)14(13)8-6-2/h5-8,11-12H,1-2,9-10H2,3-4H3/b13-7-,14-8-. The van der Waals surface area contributed by atoms with Gasteiger partial charge >= 0.3 is 0 Å². The van der Waals surface area contributed by atoms with Crippen molar-refractivity contribution < 1.29 is 0 Å². The van der Waals surface area contributed by atoms with E-state index in [1.54, 1.807) is 0 Å².